The smallest absolute Gasteiger partial charge is 0.308 e. The van der Waals surface area contributed by atoms with Crippen molar-refractivity contribution in [1.82, 2.24) is 14.9 Å². The fourth-order valence-electron chi connectivity index (χ4n) is 3.93. The summed E-state index contributed by atoms with van der Waals surface area (Å²) >= 11 is 0. The number of nitrogens with zero attached hydrogens (tertiary/aromatic N) is 4. The van der Waals surface area contributed by atoms with Gasteiger partial charge in [0, 0.05) is 31.6 Å². The molecule has 3 aromatic rings. The molecule has 33 heavy (non-hydrogen) atoms. The summed E-state index contributed by atoms with van der Waals surface area (Å²) in [6, 6.07) is 12.9. The first-order chi connectivity index (χ1) is 15.9. The van der Waals surface area contributed by atoms with E-state index in [1.165, 1.54) is 7.11 Å². The number of carbonyl (C=O) groups excluding carboxylic acids is 2. The molecule has 4 rings (SSSR count). The zero-order valence-electron chi connectivity index (χ0n) is 18.6. The number of ether oxygens (including phenoxy) is 1. The predicted molar refractivity (Wildman–Crippen MR) is 123 cm³/mol. The number of methoxy groups -OCH3 is 1. The van der Waals surface area contributed by atoms with E-state index in [1.807, 2.05) is 31.2 Å². The second-order valence-electron chi connectivity index (χ2n) is 8.02. The number of aliphatic hydroxyl groups is 1. The molecule has 1 aliphatic rings. The highest BCUT2D eigenvalue weighted by Crippen LogP contribution is 2.32. The van der Waals surface area contributed by atoms with E-state index in [0.29, 0.717) is 37.6 Å². The van der Waals surface area contributed by atoms with E-state index in [0.717, 1.165) is 22.3 Å². The van der Waals surface area contributed by atoms with E-state index in [2.05, 4.69) is 14.6 Å². The monoisotopic (exact) mass is 450 g/mol. The van der Waals surface area contributed by atoms with Crippen molar-refractivity contribution in [3.05, 3.63) is 48.0 Å². The highest BCUT2D eigenvalue weighted by Gasteiger charge is 2.29. The van der Waals surface area contributed by atoms with Gasteiger partial charge >= 0.3 is 5.97 Å². The number of hydrogen-bond donors (Lipinski definition) is 2. The van der Waals surface area contributed by atoms with E-state index in [-0.39, 0.29) is 12.2 Å². The quantitative estimate of drug-likeness (QED) is 0.566. The summed E-state index contributed by atoms with van der Waals surface area (Å²) in [4.78, 5) is 37.0. The van der Waals surface area contributed by atoms with Crippen LogP contribution < -0.4 is 4.90 Å². The molecule has 0 bridgehead atoms. The van der Waals surface area contributed by atoms with Crippen LogP contribution in [0.5, 0.6) is 5.75 Å². The molecule has 2 aromatic carbocycles. The fourth-order valence-corrected chi connectivity index (χ4v) is 3.93. The highest BCUT2D eigenvalue weighted by atomic mass is 16.5. The Kier molecular flexibility index (Phi) is 6.41. The number of hydrogen-bond acceptors (Lipinski definition) is 8. The van der Waals surface area contributed by atoms with Crippen LogP contribution in [-0.4, -0.2) is 76.4 Å². The largest absolute Gasteiger partial charge is 0.507 e. The molecule has 0 radical (unpaired) electrons. The lowest BCUT2D eigenvalue weighted by atomic mass is 10.1. The van der Waals surface area contributed by atoms with Gasteiger partial charge in [-0.2, -0.15) is 0 Å². The third-order valence-corrected chi connectivity index (χ3v) is 5.74. The number of anilines is 1. The number of benzene rings is 2. The minimum absolute atomic E-state index is 0.102. The second-order valence-corrected chi connectivity index (χ2v) is 8.02. The van der Waals surface area contributed by atoms with Crippen LogP contribution in [0.1, 0.15) is 12.0 Å². The number of phenols is 1. The molecule has 0 spiro atoms. The van der Waals surface area contributed by atoms with E-state index < -0.39 is 18.0 Å². The van der Waals surface area contributed by atoms with Crippen LogP contribution in [0, 0.1) is 6.92 Å². The molecular weight excluding hydrogens is 424 g/mol. The van der Waals surface area contributed by atoms with Crippen LogP contribution in [0.15, 0.2) is 42.5 Å². The van der Waals surface area contributed by atoms with Crippen LogP contribution in [0.4, 0.5) is 5.82 Å². The Bertz CT molecular complexity index is 1190. The minimum atomic E-state index is -1.42. The van der Waals surface area contributed by atoms with Gasteiger partial charge in [0.2, 0.25) is 0 Å². The molecule has 1 saturated heterocycles. The first kappa shape index (κ1) is 22.5. The normalized spacial score (nSPS) is 14.9. The van der Waals surface area contributed by atoms with Crippen LogP contribution >= 0.6 is 0 Å². The van der Waals surface area contributed by atoms with Gasteiger partial charge < -0.3 is 24.7 Å². The average molecular weight is 450 g/mol. The van der Waals surface area contributed by atoms with Crippen LogP contribution in [-0.2, 0) is 14.3 Å². The number of carbonyl (C=O) groups is 2. The summed E-state index contributed by atoms with van der Waals surface area (Å²) in [5.41, 5.74) is 2.37. The van der Waals surface area contributed by atoms with Gasteiger partial charge in [0.25, 0.3) is 5.91 Å². The highest BCUT2D eigenvalue weighted by molar-refractivity contribution is 5.92. The summed E-state index contributed by atoms with van der Waals surface area (Å²) in [6.07, 6.45) is -1.78. The SMILES string of the molecule is COC(=O)CC(O)C(=O)N1CCN(c2nc(-c3ccccc3O)nc3cc(C)ccc23)CC1. The Balaban J connectivity index is 1.60. The molecule has 9 heteroatoms. The van der Waals surface area contributed by atoms with E-state index in [4.69, 9.17) is 4.98 Å². The maximum absolute atomic E-state index is 12.5. The maximum Gasteiger partial charge on any atom is 0.308 e. The molecule has 2 heterocycles. The van der Waals surface area contributed by atoms with E-state index in [9.17, 15) is 19.8 Å². The molecule has 0 saturated carbocycles. The lowest BCUT2D eigenvalue weighted by Gasteiger charge is -2.36. The number of aromatic nitrogens is 2. The van der Waals surface area contributed by atoms with Crippen LogP contribution in [0.25, 0.3) is 22.3 Å². The van der Waals surface area contributed by atoms with Crippen LogP contribution in [0.2, 0.25) is 0 Å². The number of aryl methyl sites for hydroxylation is 1. The number of rotatable bonds is 5. The number of piperazine rings is 1. The Morgan fingerprint density at radius 1 is 1.09 bits per heavy atom. The van der Waals surface area contributed by atoms with Crippen molar-refractivity contribution in [2.45, 2.75) is 19.4 Å². The van der Waals surface area contributed by atoms with Crippen molar-refractivity contribution in [3.63, 3.8) is 0 Å². The standard InChI is InChI=1S/C24H26N4O5/c1-15-7-8-16-18(13-15)25-22(17-5-3-4-6-19(17)29)26-23(16)27-9-11-28(12-10-27)24(32)20(30)14-21(31)33-2/h3-8,13,20,29-30H,9-12,14H2,1-2H3. The number of aromatic hydroxyl groups is 1. The molecule has 1 aromatic heterocycles. The minimum Gasteiger partial charge on any atom is -0.507 e. The second kappa shape index (κ2) is 9.41. The molecule has 9 nitrogen and oxygen atoms in total. The summed E-state index contributed by atoms with van der Waals surface area (Å²) in [5, 5.41) is 21.3. The number of phenolic OH excluding ortho intramolecular Hbond substituents is 1. The predicted octanol–water partition coefficient (Wildman–Crippen LogP) is 1.88. The van der Waals surface area contributed by atoms with Crippen molar-refractivity contribution in [1.29, 1.82) is 0 Å². The zero-order valence-corrected chi connectivity index (χ0v) is 18.6. The maximum atomic E-state index is 12.5. The van der Waals surface area contributed by atoms with Gasteiger partial charge in [-0.3, -0.25) is 9.59 Å². The number of aliphatic hydroxyl groups excluding tert-OH is 1. The summed E-state index contributed by atoms with van der Waals surface area (Å²) < 4.78 is 4.53. The summed E-state index contributed by atoms with van der Waals surface area (Å²) in [5.74, 6) is 0.131. The Labute approximate surface area is 191 Å². The third kappa shape index (κ3) is 4.73. The van der Waals surface area contributed by atoms with Gasteiger partial charge in [0.15, 0.2) is 5.82 Å². The zero-order chi connectivity index (χ0) is 23.5. The van der Waals surface area contributed by atoms with Crippen molar-refractivity contribution in [3.8, 4) is 17.1 Å². The van der Waals surface area contributed by atoms with Gasteiger partial charge in [-0.05, 0) is 36.8 Å². The lowest BCUT2D eigenvalue weighted by molar-refractivity contribution is -0.150. The number of fused-ring (bicyclic) bond motifs is 1. The van der Waals surface area contributed by atoms with Gasteiger partial charge in [-0.15, -0.1) is 0 Å². The molecule has 1 unspecified atom stereocenters. The summed E-state index contributed by atoms with van der Waals surface area (Å²) in [6.45, 7) is 3.74. The van der Waals surface area contributed by atoms with Crippen molar-refractivity contribution >= 4 is 28.6 Å². The van der Waals surface area contributed by atoms with Crippen molar-refractivity contribution in [2.75, 3.05) is 38.2 Å². The van der Waals surface area contributed by atoms with Gasteiger partial charge in [0.05, 0.1) is 24.6 Å². The average Bonchev–Trinajstić information content (AvgIpc) is 2.83. The molecular formula is C24H26N4O5. The molecule has 1 atom stereocenters. The molecule has 172 valence electrons. The van der Waals surface area contributed by atoms with Gasteiger partial charge in [-0.1, -0.05) is 18.2 Å². The fraction of sp³-hybridized carbons (Fsp3) is 0.333. The molecule has 0 aliphatic carbocycles. The van der Waals surface area contributed by atoms with Crippen molar-refractivity contribution < 1.29 is 24.5 Å². The van der Waals surface area contributed by atoms with E-state index >= 15 is 0 Å². The number of para-hydroxylation sites is 1. The lowest BCUT2D eigenvalue weighted by Crippen LogP contribution is -2.52. The Morgan fingerprint density at radius 2 is 1.82 bits per heavy atom. The van der Waals surface area contributed by atoms with Crippen LogP contribution in [0.3, 0.4) is 0 Å². The van der Waals surface area contributed by atoms with E-state index in [1.54, 1.807) is 23.1 Å². The first-order valence-electron chi connectivity index (χ1n) is 10.7. The number of amides is 1. The summed E-state index contributed by atoms with van der Waals surface area (Å²) in [7, 11) is 1.22. The first-order valence-corrected chi connectivity index (χ1v) is 10.7. The molecule has 1 aliphatic heterocycles. The topological polar surface area (TPSA) is 116 Å². The molecule has 1 amide bonds. The molecule has 2 N–H and O–H groups in total. The van der Waals surface area contributed by atoms with Gasteiger partial charge in [0.1, 0.15) is 17.7 Å². The third-order valence-electron chi connectivity index (χ3n) is 5.74. The van der Waals surface area contributed by atoms with Crippen molar-refractivity contribution in [2.24, 2.45) is 0 Å². The number of esters is 1. The molecule has 1 fully saturated rings. The Hall–Kier alpha value is -3.72. The Morgan fingerprint density at radius 3 is 2.52 bits per heavy atom. The van der Waals surface area contributed by atoms with Gasteiger partial charge in [-0.25, -0.2) is 9.97 Å².